The van der Waals surface area contributed by atoms with Gasteiger partial charge in [-0.1, -0.05) is 0 Å². The molecule has 0 saturated carbocycles. The second-order valence-corrected chi connectivity index (χ2v) is 0.986. The highest BCUT2D eigenvalue weighted by Crippen LogP contribution is 1.65. The number of ether oxygens (including phenoxy) is 2. The summed E-state index contributed by atoms with van der Waals surface area (Å²) in [6.45, 7) is 1.38. The predicted molar refractivity (Wildman–Crippen MR) is 38.2 cm³/mol. The molecule has 0 aliphatic heterocycles. The Bertz CT molecular complexity index is 21.7. The van der Waals surface area contributed by atoms with Crippen molar-refractivity contribution < 1.29 is 31.4 Å². The van der Waals surface area contributed by atoms with E-state index in [9.17, 15) is 0 Å². The normalized spacial score (nSPS) is 5.40. The minimum atomic E-state index is 0. The van der Waals surface area contributed by atoms with Crippen molar-refractivity contribution in [2.45, 2.75) is 0 Å². The molecule has 8 N–H and O–H groups in total. The smallest absolute Gasteiger partial charge is 0.0696 e. The molecule has 70 valence electrons. The van der Waals surface area contributed by atoms with Gasteiger partial charge in [0.15, 0.2) is 0 Å². The summed E-state index contributed by atoms with van der Waals surface area (Å²) in [4.78, 5) is 0. The van der Waals surface area contributed by atoms with Gasteiger partial charge in [0.1, 0.15) is 0 Å². The number of methoxy groups -OCH3 is 2. The van der Waals surface area contributed by atoms with Crippen molar-refractivity contribution in [2.24, 2.45) is 0 Å². The lowest BCUT2D eigenvalue weighted by Crippen LogP contribution is -1.96. The van der Waals surface area contributed by atoms with E-state index >= 15 is 0 Å². The lowest BCUT2D eigenvalue weighted by molar-refractivity contribution is 0.103. The van der Waals surface area contributed by atoms with Gasteiger partial charge in [0.2, 0.25) is 0 Å². The SMILES string of the molecule is COCCOC.O.O.O.O. The zero-order valence-electron chi connectivity index (χ0n) is 6.23. The van der Waals surface area contributed by atoms with Gasteiger partial charge < -0.3 is 31.4 Å². The van der Waals surface area contributed by atoms with Gasteiger partial charge in [-0.05, 0) is 0 Å². The van der Waals surface area contributed by atoms with E-state index in [-0.39, 0.29) is 21.9 Å². The Labute approximate surface area is 60.0 Å². The molecule has 0 radical (unpaired) electrons. The molecule has 0 bridgehead atoms. The lowest BCUT2D eigenvalue weighted by atomic mass is 10.8. The second-order valence-electron chi connectivity index (χ2n) is 0.986. The quantitative estimate of drug-likeness (QED) is 0.407. The summed E-state index contributed by atoms with van der Waals surface area (Å²) in [5, 5.41) is 0. The Morgan fingerprint density at radius 2 is 0.900 bits per heavy atom. The maximum absolute atomic E-state index is 4.66. The molecule has 0 spiro atoms. The van der Waals surface area contributed by atoms with E-state index in [1.807, 2.05) is 0 Å². The standard InChI is InChI=1S/C4H10O2.4H2O/c1-5-3-4-6-2;;;;/h3-4H2,1-2H3;4*1H2. The van der Waals surface area contributed by atoms with Crippen LogP contribution >= 0.6 is 0 Å². The Kier molecular flexibility index (Phi) is 123. The molecule has 0 saturated heterocycles. The van der Waals surface area contributed by atoms with Gasteiger partial charge in [-0.15, -0.1) is 0 Å². The van der Waals surface area contributed by atoms with E-state index in [0.29, 0.717) is 13.2 Å². The van der Waals surface area contributed by atoms with E-state index < -0.39 is 0 Å². The van der Waals surface area contributed by atoms with Gasteiger partial charge >= 0.3 is 0 Å². The van der Waals surface area contributed by atoms with Crippen molar-refractivity contribution in [3.05, 3.63) is 0 Å². The first-order chi connectivity index (χ1) is 2.91. The summed E-state index contributed by atoms with van der Waals surface area (Å²) < 4.78 is 9.31. The van der Waals surface area contributed by atoms with Crippen LogP contribution in [0.4, 0.5) is 0 Å². The van der Waals surface area contributed by atoms with E-state index in [4.69, 9.17) is 0 Å². The molecule has 0 aromatic rings. The number of hydrogen-bond donors (Lipinski definition) is 0. The van der Waals surface area contributed by atoms with Crippen LogP contribution in [0.1, 0.15) is 0 Å². The van der Waals surface area contributed by atoms with E-state index in [1.54, 1.807) is 14.2 Å². The average molecular weight is 162 g/mol. The average Bonchev–Trinajstić information content (AvgIpc) is 1.61. The summed E-state index contributed by atoms with van der Waals surface area (Å²) in [7, 11) is 3.30. The van der Waals surface area contributed by atoms with Gasteiger partial charge in [0.05, 0.1) is 13.2 Å². The zero-order valence-corrected chi connectivity index (χ0v) is 6.23. The van der Waals surface area contributed by atoms with Crippen molar-refractivity contribution in [3.63, 3.8) is 0 Å². The van der Waals surface area contributed by atoms with Crippen molar-refractivity contribution in [1.29, 1.82) is 0 Å². The third-order valence-electron chi connectivity index (χ3n) is 0.492. The predicted octanol–water partition coefficient (Wildman–Crippen LogP) is -3.02. The van der Waals surface area contributed by atoms with E-state index in [2.05, 4.69) is 9.47 Å². The first kappa shape index (κ1) is 33.1. The van der Waals surface area contributed by atoms with Gasteiger partial charge in [-0.25, -0.2) is 0 Å². The second kappa shape index (κ2) is 37.3. The molecule has 0 aromatic heterocycles. The number of rotatable bonds is 3. The first-order valence-electron chi connectivity index (χ1n) is 1.89. The van der Waals surface area contributed by atoms with Crippen LogP contribution in [0.15, 0.2) is 0 Å². The molecule has 6 nitrogen and oxygen atoms in total. The van der Waals surface area contributed by atoms with Gasteiger partial charge in [0.25, 0.3) is 0 Å². The molecule has 0 aromatic carbocycles. The molecule has 0 heterocycles. The van der Waals surface area contributed by atoms with Crippen molar-refractivity contribution in [3.8, 4) is 0 Å². The zero-order chi connectivity index (χ0) is 4.83. The van der Waals surface area contributed by atoms with Crippen LogP contribution in [-0.4, -0.2) is 49.3 Å². The fourth-order valence-corrected chi connectivity index (χ4v) is 0.167. The van der Waals surface area contributed by atoms with Crippen LogP contribution < -0.4 is 0 Å². The molecule has 0 unspecified atom stereocenters. The molecular weight excluding hydrogens is 144 g/mol. The molecule has 6 heteroatoms. The first-order valence-corrected chi connectivity index (χ1v) is 1.89. The van der Waals surface area contributed by atoms with Gasteiger partial charge in [-0.2, -0.15) is 0 Å². The molecule has 0 aliphatic carbocycles. The molecular formula is C4H18O6. The summed E-state index contributed by atoms with van der Waals surface area (Å²) in [5.74, 6) is 0. The summed E-state index contributed by atoms with van der Waals surface area (Å²) in [6, 6.07) is 0. The van der Waals surface area contributed by atoms with Crippen LogP contribution in [0.3, 0.4) is 0 Å². The van der Waals surface area contributed by atoms with Gasteiger partial charge in [-0.3, -0.25) is 0 Å². The van der Waals surface area contributed by atoms with Crippen molar-refractivity contribution in [2.75, 3.05) is 27.4 Å². The third kappa shape index (κ3) is 46.6. The molecule has 0 aliphatic rings. The summed E-state index contributed by atoms with van der Waals surface area (Å²) in [5.41, 5.74) is 0. The minimum Gasteiger partial charge on any atom is -0.412 e. The van der Waals surface area contributed by atoms with E-state index in [1.165, 1.54) is 0 Å². The third-order valence-corrected chi connectivity index (χ3v) is 0.492. The highest BCUT2D eigenvalue weighted by Gasteiger charge is 1.73. The topological polar surface area (TPSA) is 144 Å². The lowest BCUT2D eigenvalue weighted by Gasteiger charge is -1.91. The highest BCUT2D eigenvalue weighted by molar-refractivity contribution is 4.17. The molecule has 0 atom stereocenters. The Hall–Kier alpha value is -0.240. The summed E-state index contributed by atoms with van der Waals surface area (Å²) >= 11 is 0. The molecule has 0 fully saturated rings. The monoisotopic (exact) mass is 162 g/mol. The largest absolute Gasteiger partial charge is 0.412 e. The Morgan fingerprint density at radius 1 is 0.700 bits per heavy atom. The van der Waals surface area contributed by atoms with Crippen LogP contribution in [0.25, 0.3) is 0 Å². The van der Waals surface area contributed by atoms with E-state index in [0.717, 1.165) is 0 Å². The van der Waals surface area contributed by atoms with Crippen LogP contribution in [-0.2, 0) is 9.47 Å². The minimum absolute atomic E-state index is 0. The maximum Gasteiger partial charge on any atom is 0.0696 e. The fraction of sp³-hybridized carbons (Fsp3) is 1.00. The van der Waals surface area contributed by atoms with Crippen molar-refractivity contribution in [1.82, 2.24) is 0 Å². The highest BCUT2D eigenvalue weighted by atomic mass is 16.5. The molecule has 10 heavy (non-hydrogen) atoms. The maximum atomic E-state index is 4.66. The van der Waals surface area contributed by atoms with Gasteiger partial charge in [0, 0.05) is 14.2 Å². The van der Waals surface area contributed by atoms with Crippen LogP contribution in [0.2, 0.25) is 0 Å². The Morgan fingerprint density at radius 3 is 1.00 bits per heavy atom. The summed E-state index contributed by atoms with van der Waals surface area (Å²) in [6.07, 6.45) is 0. The van der Waals surface area contributed by atoms with Crippen LogP contribution in [0.5, 0.6) is 0 Å². The van der Waals surface area contributed by atoms with Crippen LogP contribution in [0, 0.1) is 0 Å². The Balaban J connectivity index is -0.0000000208. The fourth-order valence-electron chi connectivity index (χ4n) is 0.167. The number of hydrogen-bond acceptors (Lipinski definition) is 2. The molecule has 0 amide bonds. The molecule has 0 rings (SSSR count). The van der Waals surface area contributed by atoms with Crippen molar-refractivity contribution >= 4 is 0 Å².